The van der Waals surface area contributed by atoms with Crippen molar-refractivity contribution in [3.8, 4) is 0 Å². The van der Waals surface area contributed by atoms with Crippen LogP contribution in [0.3, 0.4) is 0 Å². The van der Waals surface area contributed by atoms with Crippen LogP contribution >= 0.6 is 15.9 Å². The highest BCUT2D eigenvalue weighted by atomic mass is 79.9. The van der Waals surface area contributed by atoms with Crippen molar-refractivity contribution >= 4 is 15.9 Å². The number of halogens is 2. The van der Waals surface area contributed by atoms with Gasteiger partial charge in [-0.3, -0.25) is 0 Å². The van der Waals surface area contributed by atoms with Crippen LogP contribution in [0.15, 0.2) is 27.2 Å². The molecule has 0 radical (unpaired) electrons. The molecule has 0 spiro atoms. The van der Waals surface area contributed by atoms with Crippen LogP contribution in [0.5, 0.6) is 0 Å². The lowest BCUT2D eigenvalue weighted by atomic mass is 10.1. The molecule has 19 heavy (non-hydrogen) atoms. The normalized spacial score (nSPS) is 12.6. The summed E-state index contributed by atoms with van der Waals surface area (Å²) >= 11 is 3.34. The highest BCUT2D eigenvalue weighted by Crippen LogP contribution is 2.21. The fraction of sp³-hybridized carbons (Fsp3) is 0.385. The fourth-order valence-corrected chi connectivity index (χ4v) is 2.17. The van der Waals surface area contributed by atoms with Crippen LogP contribution in [0.4, 0.5) is 4.39 Å². The average molecular weight is 328 g/mol. The third-order valence-corrected chi connectivity index (χ3v) is 3.28. The maximum atomic E-state index is 13.7. The lowest BCUT2D eigenvalue weighted by Gasteiger charge is -2.14. The van der Waals surface area contributed by atoms with Crippen LogP contribution in [-0.2, 0) is 6.42 Å². The number of rotatable bonds is 5. The first kappa shape index (κ1) is 14.1. The minimum Gasteiger partial charge on any atom is -0.339 e. The van der Waals surface area contributed by atoms with Crippen LogP contribution in [0.1, 0.15) is 30.2 Å². The quantitative estimate of drug-likeness (QED) is 0.916. The van der Waals surface area contributed by atoms with E-state index in [1.54, 1.807) is 19.1 Å². The van der Waals surface area contributed by atoms with E-state index in [9.17, 15) is 4.39 Å². The largest absolute Gasteiger partial charge is 0.339 e. The molecule has 1 heterocycles. The summed E-state index contributed by atoms with van der Waals surface area (Å²) in [6, 6.07) is 4.84. The van der Waals surface area contributed by atoms with E-state index in [0.29, 0.717) is 30.2 Å². The fourth-order valence-electron chi connectivity index (χ4n) is 1.79. The first-order chi connectivity index (χ1) is 9.06. The molecule has 1 atom stereocenters. The van der Waals surface area contributed by atoms with E-state index >= 15 is 0 Å². The molecule has 0 aliphatic carbocycles. The summed E-state index contributed by atoms with van der Waals surface area (Å²) in [4.78, 5) is 4.11. The van der Waals surface area contributed by atoms with Gasteiger partial charge in [0.1, 0.15) is 5.82 Å². The second-order valence-electron chi connectivity index (χ2n) is 4.33. The molecule has 0 fully saturated rings. The van der Waals surface area contributed by atoms with Crippen LogP contribution in [0.2, 0.25) is 0 Å². The Morgan fingerprint density at radius 1 is 1.47 bits per heavy atom. The van der Waals surface area contributed by atoms with Gasteiger partial charge < -0.3 is 9.84 Å². The number of hydrogen-bond acceptors (Lipinski definition) is 4. The molecule has 6 heteroatoms. The number of benzene rings is 1. The maximum absolute atomic E-state index is 13.7. The number of hydrogen-bond donors (Lipinski definition) is 1. The lowest BCUT2D eigenvalue weighted by molar-refractivity contribution is 0.369. The van der Waals surface area contributed by atoms with Gasteiger partial charge in [-0.05, 0) is 32.0 Å². The Balaban J connectivity index is 1.90. The van der Waals surface area contributed by atoms with Crippen molar-refractivity contribution in [2.45, 2.75) is 26.3 Å². The van der Waals surface area contributed by atoms with Gasteiger partial charge in [-0.15, -0.1) is 0 Å². The molecule has 4 nitrogen and oxygen atoms in total. The first-order valence-corrected chi connectivity index (χ1v) is 6.83. The van der Waals surface area contributed by atoms with Crippen molar-refractivity contribution in [2.24, 2.45) is 0 Å². The van der Waals surface area contributed by atoms with Crippen molar-refractivity contribution in [1.82, 2.24) is 15.5 Å². The van der Waals surface area contributed by atoms with E-state index in [1.807, 2.05) is 6.92 Å². The lowest BCUT2D eigenvalue weighted by Crippen LogP contribution is -2.22. The number of aryl methyl sites for hydroxylation is 1. The predicted octanol–water partition coefficient (Wildman–Crippen LogP) is 3.17. The van der Waals surface area contributed by atoms with E-state index in [-0.39, 0.29) is 11.9 Å². The topological polar surface area (TPSA) is 51.0 Å². The van der Waals surface area contributed by atoms with Crippen molar-refractivity contribution in [3.63, 3.8) is 0 Å². The Bertz CT molecular complexity index is 559. The zero-order chi connectivity index (χ0) is 13.8. The zero-order valence-electron chi connectivity index (χ0n) is 10.8. The summed E-state index contributed by atoms with van der Waals surface area (Å²) in [5, 5.41) is 6.95. The predicted molar refractivity (Wildman–Crippen MR) is 73.3 cm³/mol. The van der Waals surface area contributed by atoms with Gasteiger partial charge in [0.15, 0.2) is 5.82 Å². The average Bonchev–Trinajstić information content (AvgIpc) is 2.78. The van der Waals surface area contributed by atoms with Crippen molar-refractivity contribution in [2.75, 3.05) is 6.54 Å². The number of nitrogens with one attached hydrogen (secondary N) is 1. The minimum absolute atomic E-state index is 0.0819. The van der Waals surface area contributed by atoms with Gasteiger partial charge in [0, 0.05) is 29.0 Å². The van der Waals surface area contributed by atoms with Gasteiger partial charge in [-0.1, -0.05) is 21.1 Å². The van der Waals surface area contributed by atoms with E-state index in [4.69, 9.17) is 4.52 Å². The van der Waals surface area contributed by atoms with Gasteiger partial charge in [0.05, 0.1) is 0 Å². The Morgan fingerprint density at radius 2 is 2.26 bits per heavy atom. The summed E-state index contributed by atoms with van der Waals surface area (Å²) in [6.07, 6.45) is 0.626. The summed E-state index contributed by atoms with van der Waals surface area (Å²) in [5.41, 5.74) is 0.635. The van der Waals surface area contributed by atoms with Gasteiger partial charge >= 0.3 is 0 Å². The van der Waals surface area contributed by atoms with E-state index < -0.39 is 0 Å². The molecular formula is C13H15BrFN3O. The molecule has 0 amide bonds. The Morgan fingerprint density at radius 3 is 2.95 bits per heavy atom. The minimum atomic E-state index is -0.211. The molecule has 2 rings (SSSR count). The van der Waals surface area contributed by atoms with Gasteiger partial charge in [-0.25, -0.2) is 4.39 Å². The van der Waals surface area contributed by atoms with Crippen molar-refractivity contribution in [1.29, 1.82) is 0 Å². The van der Waals surface area contributed by atoms with Crippen molar-refractivity contribution in [3.05, 3.63) is 45.8 Å². The van der Waals surface area contributed by atoms with Crippen LogP contribution in [-0.4, -0.2) is 16.7 Å². The summed E-state index contributed by atoms with van der Waals surface area (Å²) < 4.78 is 19.5. The molecule has 0 aliphatic rings. The Hall–Kier alpha value is -1.27. The molecule has 1 N–H and O–H groups in total. The molecule has 102 valence electrons. The third kappa shape index (κ3) is 3.84. The zero-order valence-corrected chi connectivity index (χ0v) is 12.4. The smallest absolute Gasteiger partial charge is 0.227 e. The highest BCUT2D eigenvalue weighted by molar-refractivity contribution is 9.10. The standard InChI is InChI=1S/C13H15BrFN3O/c1-8(11-7-10(14)3-4-12(11)15)16-6-5-13-17-9(2)18-19-13/h3-4,7-8,16H,5-6H2,1-2H3. The van der Waals surface area contributed by atoms with Crippen LogP contribution in [0.25, 0.3) is 0 Å². The molecule has 1 aromatic heterocycles. The molecule has 0 saturated carbocycles. The SMILES string of the molecule is Cc1noc(CCNC(C)c2cc(Br)ccc2F)n1. The molecule has 0 saturated heterocycles. The molecule has 0 bridgehead atoms. The van der Waals surface area contributed by atoms with Crippen molar-refractivity contribution < 1.29 is 8.91 Å². The summed E-state index contributed by atoms with van der Waals surface area (Å²) in [7, 11) is 0. The monoisotopic (exact) mass is 327 g/mol. The molecule has 2 aromatic rings. The van der Waals surface area contributed by atoms with Gasteiger partial charge in [0.25, 0.3) is 0 Å². The Kier molecular flexibility index (Phi) is 4.66. The molecule has 1 unspecified atom stereocenters. The number of nitrogens with zero attached hydrogens (tertiary/aromatic N) is 2. The molecular weight excluding hydrogens is 313 g/mol. The highest BCUT2D eigenvalue weighted by Gasteiger charge is 2.11. The second-order valence-corrected chi connectivity index (χ2v) is 5.24. The summed E-state index contributed by atoms with van der Waals surface area (Å²) in [5.74, 6) is 1.00. The maximum Gasteiger partial charge on any atom is 0.227 e. The van der Waals surface area contributed by atoms with E-state index in [1.165, 1.54) is 6.07 Å². The van der Waals surface area contributed by atoms with Gasteiger partial charge in [-0.2, -0.15) is 4.98 Å². The first-order valence-electron chi connectivity index (χ1n) is 6.04. The third-order valence-electron chi connectivity index (χ3n) is 2.78. The van der Waals surface area contributed by atoms with Gasteiger partial charge in [0.2, 0.25) is 5.89 Å². The molecule has 1 aromatic carbocycles. The summed E-state index contributed by atoms with van der Waals surface area (Å²) in [6.45, 7) is 4.35. The Labute approximate surface area is 119 Å². The number of aromatic nitrogens is 2. The second kappa shape index (κ2) is 6.25. The van der Waals surface area contributed by atoms with Crippen LogP contribution in [0, 0.1) is 12.7 Å². The van der Waals surface area contributed by atoms with Crippen LogP contribution < -0.4 is 5.32 Å². The van der Waals surface area contributed by atoms with E-state index in [2.05, 4.69) is 31.4 Å². The van der Waals surface area contributed by atoms with E-state index in [0.717, 1.165) is 4.47 Å². The molecule has 0 aliphatic heterocycles.